The Morgan fingerprint density at radius 3 is 2.52 bits per heavy atom. The molecule has 1 aromatic heterocycles. The molecule has 0 unspecified atom stereocenters. The normalized spacial score (nSPS) is 14.5. The van der Waals surface area contributed by atoms with E-state index in [1.54, 1.807) is 19.1 Å². The summed E-state index contributed by atoms with van der Waals surface area (Å²) in [5.74, 6) is -0.982. The van der Waals surface area contributed by atoms with Gasteiger partial charge in [-0.2, -0.15) is 0 Å². The molecule has 1 aromatic carbocycles. The highest BCUT2D eigenvalue weighted by molar-refractivity contribution is 5.55. The highest BCUT2D eigenvalue weighted by Gasteiger charge is 2.18. The zero-order chi connectivity index (χ0) is 18.0. The first-order chi connectivity index (χ1) is 11.9. The van der Waals surface area contributed by atoms with Gasteiger partial charge in [0.05, 0.1) is 4.92 Å². The highest BCUT2D eigenvalue weighted by Crippen LogP contribution is 2.26. The molecule has 0 radical (unpaired) electrons. The minimum atomic E-state index is -0.850. The maximum atomic E-state index is 13.3. The molecule has 1 aliphatic rings. The molecule has 0 aliphatic carbocycles. The van der Waals surface area contributed by atoms with Crippen molar-refractivity contribution in [3.63, 3.8) is 0 Å². The SMILES string of the molecule is Cc1cc(N2CCC(=Cc3ccc(F)c(F)c3)CC2)ncc1[N+](=O)[O-]. The lowest BCUT2D eigenvalue weighted by Gasteiger charge is -2.29. The van der Waals surface area contributed by atoms with Gasteiger partial charge in [-0.3, -0.25) is 10.1 Å². The fraction of sp³-hybridized carbons (Fsp3) is 0.278. The van der Waals surface area contributed by atoms with Crippen molar-refractivity contribution in [2.75, 3.05) is 18.0 Å². The molecule has 7 heteroatoms. The van der Waals surface area contributed by atoms with E-state index in [1.807, 2.05) is 6.08 Å². The van der Waals surface area contributed by atoms with Crippen LogP contribution in [0.5, 0.6) is 0 Å². The number of hydrogen-bond acceptors (Lipinski definition) is 4. The molecule has 3 rings (SSSR count). The number of hydrogen-bond donors (Lipinski definition) is 0. The molecule has 0 saturated carbocycles. The van der Waals surface area contributed by atoms with E-state index in [4.69, 9.17) is 0 Å². The molecule has 1 saturated heterocycles. The molecule has 0 N–H and O–H groups in total. The van der Waals surface area contributed by atoms with Crippen LogP contribution < -0.4 is 4.90 Å². The first-order valence-electron chi connectivity index (χ1n) is 7.94. The molecular weight excluding hydrogens is 328 g/mol. The lowest BCUT2D eigenvalue weighted by Crippen LogP contribution is -2.31. The van der Waals surface area contributed by atoms with Crippen molar-refractivity contribution in [1.82, 2.24) is 4.98 Å². The predicted octanol–water partition coefficient (Wildman–Crippen LogP) is 4.26. The van der Waals surface area contributed by atoms with Crippen molar-refractivity contribution in [2.24, 2.45) is 0 Å². The van der Waals surface area contributed by atoms with E-state index in [9.17, 15) is 18.9 Å². The first kappa shape index (κ1) is 17.0. The van der Waals surface area contributed by atoms with Gasteiger partial charge in [-0.15, -0.1) is 0 Å². The third-order valence-electron chi connectivity index (χ3n) is 4.31. The van der Waals surface area contributed by atoms with Gasteiger partial charge in [0.15, 0.2) is 11.6 Å². The molecule has 0 bridgehead atoms. The number of benzene rings is 1. The summed E-state index contributed by atoms with van der Waals surface area (Å²) in [6.45, 7) is 3.14. The monoisotopic (exact) mass is 345 g/mol. The maximum absolute atomic E-state index is 13.3. The summed E-state index contributed by atoms with van der Waals surface area (Å²) in [5, 5.41) is 10.9. The molecular formula is C18H17F2N3O2. The maximum Gasteiger partial charge on any atom is 0.290 e. The van der Waals surface area contributed by atoms with Crippen LogP contribution >= 0.6 is 0 Å². The van der Waals surface area contributed by atoms with Crippen molar-refractivity contribution < 1.29 is 13.7 Å². The van der Waals surface area contributed by atoms with E-state index in [1.165, 1.54) is 12.3 Å². The lowest BCUT2D eigenvalue weighted by molar-refractivity contribution is -0.385. The Morgan fingerprint density at radius 2 is 1.92 bits per heavy atom. The zero-order valence-electron chi connectivity index (χ0n) is 13.7. The second kappa shape index (κ2) is 6.96. The molecule has 130 valence electrons. The number of nitro groups is 1. The van der Waals surface area contributed by atoms with Crippen LogP contribution in [0.25, 0.3) is 6.08 Å². The van der Waals surface area contributed by atoms with Gasteiger partial charge in [-0.05, 0) is 43.5 Å². The lowest BCUT2D eigenvalue weighted by atomic mass is 10.0. The Labute approximate surface area is 143 Å². The summed E-state index contributed by atoms with van der Waals surface area (Å²) < 4.78 is 26.3. The van der Waals surface area contributed by atoms with Crippen LogP contribution in [0.1, 0.15) is 24.0 Å². The number of pyridine rings is 1. The largest absolute Gasteiger partial charge is 0.356 e. The van der Waals surface area contributed by atoms with Crippen LogP contribution in [0.15, 0.2) is 36.0 Å². The molecule has 0 spiro atoms. The highest BCUT2D eigenvalue weighted by atomic mass is 19.2. The summed E-state index contributed by atoms with van der Waals surface area (Å²) >= 11 is 0. The molecule has 2 aromatic rings. The third-order valence-corrected chi connectivity index (χ3v) is 4.31. The third kappa shape index (κ3) is 3.81. The van der Waals surface area contributed by atoms with Gasteiger partial charge in [0.1, 0.15) is 12.0 Å². The second-order valence-electron chi connectivity index (χ2n) is 6.05. The second-order valence-corrected chi connectivity index (χ2v) is 6.05. The molecule has 2 heterocycles. The van der Waals surface area contributed by atoms with Crippen LogP contribution in [-0.4, -0.2) is 23.0 Å². The van der Waals surface area contributed by atoms with Gasteiger partial charge in [-0.25, -0.2) is 13.8 Å². The summed E-state index contributed by atoms with van der Waals surface area (Å²) in [5.41, 5.74) is 2.39. The van der Waals surface area contributed by atoms with Crippen LogP contribution in [-0.2, 0) is 0 Å². The number of rotatable bonds is 3. The van der Waals surface area contributed by atoms with E-state index >= 15 is 0 Å². The Bertz CT molecular complexity index is 842. The smallest absolute Gasteiger partial charge is 0.290 e. The van der Waals surface area contributed by atoms with E-state index in [0.29, 0.717) is 11.1 Å². The van der Waals surface area contributed by atoms with E-state index < -0.39 is 16.6 Å². The number of aryl methyl sites for hydroxylation is 1. The zero-order valence-corrected chi connectivity index (χ0v) is 13.7. The van der Waals surface area contributed by atoms with Gasteiger partial charge in [-0.1, -0.05) is 17.7 Å². The van der Waals surface area contributed by atoms with Gasteiger partial charge < -0.3 is 4.90 Å². The van der Waals surface area contributed by atoms with Crippen LogP contribution in [0.3, 0.4) is 0 Å². The fourth-order valence-corrected chi connectivity index (χ4v) is 2.90. The summed E-state index contributed by atoms with van der Waals surface area (Å²) in [6, 6.07) is 5.59. The number of nitrogens with zero attached hydrogens (tertiary/aromatic N) is 3. The Balaban J connectivity index is 1.69. The Hall–Kier alpha value is -2.83. The van der Waals surface area contributed by atoms with Crippen LogP contribution in [0.2, 0.25) is 0 Å². The Morgan fingerprint density at radius 1 is 1.20 bits per heavy atom. The number of aromatic nitrogens is 1. The molecule has 1 aliphatic heterocycles. The van der Waals surface area contributed by atoms with Crippen molar-refractivity contribution in [3.05, 3.63) is 68.9 Å². The number of piperidine rings is 1. The quantitative estimate of drug-likeness (QED) is 0.616. The number of halogens is 2. The van der Waals surface area contributed by atoms with Crippen molar-refractivity contribution >= 4 is 17.6 Å². The fourth-order valence-electron chi connectivity index (χ4n) is 2.90. The van der Waals surface area contributed by atoms with Gasteiger partial charge >= 0.3 is 0 Å². The number of anilines is 1. The van der Waals surface area contributed by atoms with E-state index in [2.05, 4.69) is 9.88 Å². The molecule has 0 atom stereocenters. The van der Waals surface area contributed by atoms with Gasteiger partial charge in [0.2, 0.25) is 0 Å². The molecule has 25 heavy (non-hydrogen) atoms. The first-order valence-corrected chi connectivity index (χ1v) is 7.94. The molecule has 5 nitrogen and oxygen atoms in total. The summed E-state index contributed by atoms with van der Waals surface area (Å²) in [6.07, 6.45) is 4.72. The summed E-state index contributed by atoms with van der Waals surface area (Å²) in [4.78, 5) is 16.7. The van der Waals surface area contributed by atoms with Crippen molar-refractivity contribution in [1.29, 1.82) is 0 Å². The Kier molecular flexibility index (Phi) is 4.74. The van der Waals surface area contributed by atoms with Crippen LogP contribution in [0, 0.1) is 28.7 Å². The van der Waals surface area contributed by atoms with Crippen molar-refractivity contribution in [3.8, 4) is 0 Å². The van der Waals surface area contributed by atoms with E-state index in [0.717, 1.165) is 43.4 Å². The molecule has 1 fully saturated rings. The molecule has 0 amide bonds. The van der Waals surface area contributed by atoms with Crippen LogP contribution in [0.4, 0.5) is 20.3 Å². The van der Waals surface area contributed by atoms with Gasteiger partial charge in [0.25, 0.3) is 5.69 Å². The van der Waals surface area contributed by atoms with Gasteiger partial charge in [0, 0.05) is 18.7 Å². The average molecular weight is 345 g/mol. The predicted molar refractivity (Wildman–Crippen MR) is 91.4 cm³/mol. The standard InChI is InChI=1S/C18H17F2N3O2/c1-12-8-18(21-11-17(12)23(24)25)22-6-4-13(5-7-22)9-14-2-3-15(19)16(20)10-14/h2-3,8-11H,4-7H2,1H3. The minimum Gasteiger partial charge on any atom is -0.356 e. The van der Waals surface area contributed by atoms with Crippen molar-refractivity contribution in [2.45, 2.75) is 19.8 Å². The minimum absolute atomic E-state index is 0.0136. The topological polar surface area (TPSA) is 59.3 Å². The van der Waals surface area contributed by atoms with E-state index in [-0.39, 0.29) is 5.69 Å². The summed E-state index contributed by atoms with van der Waals surface area (Å²) in [7, 11) is 0. The average Bonchev–Trinajstić information content (AvgIpc) is 2.58.